The predicted octanol–water partition coefficient (Wildman–Crippen LogP) is 3.98. The molecule has 0 amide bonds. The van der Waals surface area contributed by atoms with Gasteiger partial charge in [-0.2, -0.15) is 0 Å². The normalized spacial score (nSPS) is 22.8. The Balaban J connectivity index is 1.67. The number of benzene rings is 1. The van der Waals surface area contributed by atoms with Crippen molar-refractivity contribution < 1.29 is 0 Å². The summed E-state index contributed by atoms with van der Waals surface area (Å²) < 4.78 is 0. The van der Waals surface area contributed by atoms with Crippen LogP contribution in [-0.2, 0) is 5.41 Å². The molecule has 3 rings (SSSR count). The SMILES string of the molecule is CCC(C)c1ccc(C2(CNC3CC3)CC2)cc1. The van der Waals surface area contributed by atoms with E-state index in [9.17, 15) is 0 Å². The summed E-state index contributed by atoms with van der Waals surface area (Å²) >= 11 is 0. The van der Waals surface area contributed by atoms with Crippen LogP contribution in [0, 0.1) is 0 Å². The maximum absolute atomic E-state index is 3.71. The summed E-state index contributed by atoms with van der Waals surface area (Å²) in [5.41, 5.74) is 3.53. The molecule has 1 atom stereocenters. The Morgan fingerprint density at radius 1 is 1.22 bits per heavy atom. The largest absolute Gasteiger partial charge is 0.313 e. The standard InChI is InChI=1S/C17H25N/c1-3-13(2)14-4-6-15(7-5-14)17(10-11-17)12-18-16-8-9-16/h4-7,13,16,18H,3,8-12H2,1-2H3. The van der Waals surface area contributed by atoms with Crippen molar-refractivity contribution in [3.8, 4) is 0 Å². The van der Waals surface area contributed by atoms with Gasteiger partial charge < -0.3 is 5.32 Å². The summed E-state index contributed by atoms with van der Waals surface area (Å²) in [4.78, 5) is 0. The third kappa shape index (κ3) is 2.47. The molecule has 1 aromatic rings. The van der Waals surface area contributed by atoms with Crippen LogP contribution in [-0.4, -0.2) is 12.6 Å². The lowest BCUT2D eigenvalue weighted by Crippen LogP contribution is -2.28. The zero-order valence-electron chi connectivity index (χ0n) is 11.7. The third-order valence-corrected chi connectivity index (χ3v) is 4.86. The Bertz CT molecular complexity index is 398. The summed E-state index contributed by atoms with van der Waals surface area (Å²) in [6.07, 6.45) is 6.75. The lowest BCUT2D eigenvalue weighted by Gasteiger charge is -2.18. The van der Waals surface area contributed by atoms with Gasteiger partial charge in [-0.1, -0.05) is 38.1 Å². The van der Waals surface area contributed by atoms with Crippen molar-refractivity contribution in [2.75, 3.05) is 6.54 Å². The van der Waals surface area contributed by atoms with Crippen molar-refractivity contribution in [2.45, 2.75) is 63.3 Å². The number of hydrogen-bond donors (Lipinski definition) is 1. The lowest BCUT2D eigenvalue weighted by atomic mass is 9.91. The van der Waals surface area contributed by atoms with E-state index >= 15 is 0 Å². The van der Waals surface area contributed by atoms with Gasteiger partial charge in [-0.25, -0.2) is 0 Å². The molecular formula is C17H25N. The van der Waals surface area contributed by atoms with E-state index in [1.807, 2.05) is 0 Å². The molecule has 1 N–H and O–H groups in total. The molecule has 0 aromatic heterocycles. The Labute approximate surface area is 111 Å². The second-order valence-corrected chi connectivity index (χ2v) is 6.37. The molecule has 2 aliphatic carbocycles. The maximum atomic E-state index is 3.71. The molecule has 0 aliphatic heterocycles. The second kappa shape index (κ2) is 4.70. The zero-order chi connectivity index (χ0) is 12.6. The monoisotopic (exact) mass is 243 g/mol. The van der Waals surface area contributed by atoms with Gasteiger partial charge in [0.15, 0.2) is 0 Å². The van der Waals surface area contributed by atoms with Crippen molar-refractivity contribution in [1.82, 2.24) is 5.32 Å². The van der Waals surface area contributed by atoms with Crippen LogP contribution >= 0.6 is 0 Å². The maximum Gasteiger partial charge on any atom is 0.00785 e. The van der Waals surface area contributed by atoms with Crippen LogP contribution in [0.3, 0.4) is 0 Å². The first-order valence-electron chi connectivity index (χ1n) is 7.57. The molecule has 1 nitrogen and oxygen atoms in total. The minimum absolute atomic E-state index is 0.483. The number of rotatable bonds is 6. The predicted molar refractivity (Wildman–Crippen MR) is 77.1 cm³/mol. The van der Waals surface area contributed by atoms with E-state index < -0.39 is 0 Å². The molecule has 2 fully saturated rings. The Hall–Kier alpha value is -0.820. The molecule has 1 aromatic carbocycles. The van der Waals surface area contributed by atoms with E-state index in [1.54, 1.807) is 5.56 Å². The molecule has 2 saturated carbocycles. The lowest BCUT2D eigenvalue weighted by molar-refractivity contribution is 0.571. The highest BCUT2D eigenvalue weighted by Crippen LogP contribution is 2.48. The number of hydrogen-bond acceptors (Lipinski definition) is 1. The average molecular weight is 243 g/mol. The van der Waals surface area contributed by atoms with Gasteiger partial charge >= 0.3 is 0 Å². The van der Waals surface area contributed by atoms with Crippen LogP contribution in [0.2, 0.25) is 0 Å². The highest BCUT2D eigenvalue weighted by atomic mass is 15.0. The molecule has 18 heavy (non-hydrogen) atoms. The van der Waals surface area contributed by atoms with Crippen molar-refractivity contribution in [2.24, 2.45) is 0 Å². The molecule has 2 aliphatic rings. The smallest absolute Gasteiger partial charge is 0.00785 e. The zero-order valence-corrected chi connectivity index (χ0v) is 11.7. The first-order chi connectivity index (χ1) is 8.73. The Morgan fingerprint density at radius 2 is 1.89 bits per heavy atom. The minimum atomic E-state index is 0.483. The molecule has 1 heteroatoms. The summed E-state index contributed by atoms with van der Waals surface area (Å²) in [5, 5.41) is 3.71. The quantitative estimate of drug-likeness (QED) is 0.797. The van der Waals surface area contributed by atoms with Crippen LogP contribution in [0.15, 0.2) is 24.3 Å². The van der Waals surface area contributed by atoms with Crippen molar-refractivity contribution in [3.63, 3.8) is 0 Å². The Morgan fingerprint density at radius 3 is 2.39 bits per heavy atom. The molecule has 98 valence electrons. The second-order valence-electron chi connectivity index (χ2n) is 6.37. The van der Waals surface area contributed by atoms with Crippen LogP contribution in [0.5, 0.6) is 0 Å². The van der Waals surface area contributed by atoms with Crippen LogP contribution in [0.1, 0.15) is 63.0 Å². The van der Waals surface area contributed by atoms with E-state index in [1.165, 1.54) is 44.2 Å². The first-order valence-corrected chi connectivity index (χ1v) is 7.57. The topological polar surface area (TPSA) is 12.0 Å². The third-order valence-electron chi connectivity index (χ3n) is 4.86. The van der Waals surface area contributed by atoms with Gasteiger partial charge in [0, 0.05) is 18.0 Å². The highest BCUT2D eigenvalue weighted by Gasteiger charge is 2.44. The minimum Gasteiger partial charge on any atom is -0.313 e. The number of nitrogens with one attached hydrogen (secondary N) is 1. The summed E-state index contributed by atoms with van der Waals surface area (Å²) in [6.45, 7) is 5.78. The van der Waals surface area contributed by atoms with E-state index in [-0.39, 0.29) is 0 Å². The van der Waals surface area contributed by atoms with Crippen molar-refractivity contribution >= 4 is 0 Å². The summed E-state index contributed by atoms with van der Waals surface area (Å²) in [7, 11) is 0. The summed E-state index contributed by atoms with van der Waals surface area (Å²) in [6, 6.07) is 10.3. The van der Waals surface area contributed by atoms with Crippen molar-refractivity contribution in [3.05, 3.63) is 35.4 Å². The molecule has 0 heterocycles. The van der Waals surface area contributed by atoms with Crippen LogP contribution < -0.4 is 5.32 Å². The van der Waals surface area contributed by atoms with Gasteiger partial charge in [0.05, 0.1) is 0 Å². The Kier molecular flexibility index (Phi) is 3.19. The molecule has 0 saturated heterocycles. The van der Waals surface area contributed by atoms with Gasteiger partial charge in [0.1, 0.15) is 0 Å². The van der Waals surface area contributed by atoms with E-state index in [2.05, 4.69) is 43.4 Å². The molecular weight excluding hydrogens is 218 g/mol. The summed E-state index contributed by atoms with van der Waals surface area (Å²) in [5.74, 6) is 0.693. The highest BCUT2D eigenvalue weighted by molar-refractivity contribution is 5.35. The van der Waals surface area contributed by atoms with E-state index in [4.69, 9.17) is 0 Å². The molecule has 1 unspecified atom stereocenters. The van der Waals surface area contributed by atoms with Gasteiger partial charge in [0.25, 0.3) is 0 Å². The van der Waals surface area contributed by atoms with Crippen molar-refractivity contribution in [1.29, 1.82) is 0 Å². The first kappa shape index (κ1) is 12.2. The molecule has 0 spiro atoms. The van der Waals surface area contributed by atoms with Gasteiger partial charge in [-0.3, -0.25) is 0 Å². The average Bonchev–Trinajstić information content (AvgIpc) is 3.29. The molecule has 0 bridgehead atoms. The fourth-order valence-electron chi connectivity index (χ4n) is 2.75. The van der Waals surface area contributed by atoms with Gasteiger partial charge in [0.2, 0.25) is 0 Å². The van der Waals surface area contributed by atoms with Gasteiger partial charge in [-0.05, 0) is 49.1 Å². The van der Waals surface area contributed by atoms with Crippen LogP contribution in [0.4, 0.5) is 0 Å². The fourth-order valence-corrected chi connectivity index (χ4v) is 2.75. The molecule has 0 radical (unpaired) electrons. The van der Waals surface area contributed by atoms with Crippen LogP contribution in [0.25, 0.3) is 0 Å². The van der Waals surface area contributed by atoms with E-state index in [0.717, 1.165) is 6.04 Å². The van der Waals surface area contributed by atoms with Gasteiger partial charge in [-0.15, -0.1) is 0 Å². The van der Waals surface area contributed by atoms with E-state index in [0.29, 0.717) is 11.3 Å². The fraction of sp³-hybridized carbons (Fsp3) is 0.647.